The summed E-state index contributed by atoms with van der Waals surface area (Å²) in [4.78, 5) is 41.6. The minimum absolute atomic E-state index is 0.117. The third-order valence-electron chi connectivity index (χ3n) is 5.99. The molecule has 174 valence electrons. The van der Waals surface area contributed by atoms with Crippen molar-refractivity contribution in [1.29, 1.82) is 0 Å². The van der Waals surface area contributed by atoms with E-state index in [0.717, 1.165) is 13.1 Å². The smallest absolute Gasteiger partial charge is 0.152 e. The molecule has 1 heterocycles. The first-order chi connectivity index (χ1) is 13.5. The number of nitrogens with zero attached hydrogens (tertiary/aromatic N) is 1. The molecule has 1 aliphatic rings. The lowest BCUT2D eigenvalue weighted by Crippen LogP contribution is -2.60. The summed E-state index contributed by atoms with van der Waals surface area (Å²) in [6.45, 7) is 20.9. The van der Waals surface area contributed by atoms with Gasteiger partial charge in [-0.25, -0.2) is 0 Å². The van der Waals surface area contributed by atoms with Crippen LogP contribution in [0, 0.1) is 16.2 Å². The van der Waals surface area contributed by atoms with Crippen LogP contribution in [-0.4, -0.2) is 67.1 Å². The Morgan fingerprint density at radius 2 is 1.13 bits per heavy atom. The van der Waals surface area contributed by atoms with Crippen molar-refractivity contribution < 1.29 is 14.4 Å². The zero-order valence-corrected chi connectivity index (χ0v) is 20.8. The Hall–Kier alpha value is -1.11. The van der Waals surface area contributed by atoms with Crippen molar-refractivity contribution in [2.24, 2.45) is 16.2 Å². The molecule has 30 heavy (non-hydrogen) atoms. The van der Waals surface area contributed by atoms with Gasteiger partial charge in [-0.2, -0.15) is 0 Å². The molecule has 1 saturated heterocycles. The maximum atomic E-state index is 13.2. The molecule has 1 aliphatic heterocycles. The Balaban J connectivity index is 3.46. The number of Topliss-reactive ketones (excluding diaryl/α,β-unsaturated/α-hetero) is 3. The summed E-state index contributed by atoms with van der Waals surface area (Å²) in [6, 6.07) is 0. The second-order valence-corrected chi connectivity index (χ2v) is 11.9. The van der Waals surface area contributed by atoms with Gasteiger partial charge in [-0.1, -0.05) is 62.3 Å². The SMILES string of the molecule is CC(C)(C)C(=O)CN1CCNCCNCC1(CC(=O)C(C)(C)C)CC(=O)C(C)(C)C. The third-order valence-corrected chi connectivity index (χ3v) is 5.99. The first-order valence-electron chi connectivity index (χ1n) is 11.3. The number of hydrogen-bond donors (Lipinski definition) is 2. The lowest BCUT2D eigenvalue weighted by Gasteiger charge is -2.45. The average molecular weight is 424 g/mol. The Morgan fingerprint density at radius 3 is 1.57 bits per heavy atom. The van der Waals surface area contributed by atoms with Crippen LogP contribution in [0.15, 0.2) is 0 Å². The first kappa shape index (κ1) is 26.9. The summed E-state index contributed by atoms with van der Waals surface area (Å²) < 4.78 is 0. The molecule has 0 spiro atoms. The number of nitrogens with one attached hydrogen (secondary N) is 2. The highest BCUT2D eigenvalue weighted by Gasteiger charge is 2.45. The molecule has 1 fully saturated rings. The van der Waals surface area contributed by atoms with Crippen molar-refractivity contribution in [3.05, 3.63) is 0 Å². The van der Waals surface area contributed by atoms with E-state index in [4.69, 9.17) is 0 Å². The molecular formula is C24H45N3O3. The molecule has 6 nitrogen and oxygen atoms in total. The van der Waals surface area contributed by atoms with Gasteiger partial charge in [-0.05, 0) is 0 Å². The molecule has 2 N–H and O–H groups in total. The Bertz CT molecular complexity index is 593. The minimum Gasteiger partial charge on any atom is -0.314 e. The van der Waals surface area contributed by atoms with E-state index in [-0.39, 0.29) is 36.7 Å². The van der Waals surface area contributed by atoms with E-state index in [0.29, 0.717) is 19.6 Å². The molecule has 0 unspecified atom stereocenters. The van der Waals surface area contributed by atoms with E-state index in [2.05, 4.69) is 15.5 Å². The number of hydrogen-bond acceptors (Lipinski definition) is 6. The number of ketones is 3. The summed E-state index contributed by atoms with van der Waals surface area (Å²) in [6.07, 6.45) is 0.505. The van der Waals surface area contributed by atoms with Crippen LogP contribution in [0.4, 0.5) is 0 Å². The lowest BCUT2D eigenvalue weighted by molar-refractivity contribution is -0.138. The highest BCUT2D eigenvalue weighted by molar-refractivity contribution is 5.89. The predicted molar refractivity (Wildman–Crippen MR) is 123 cm³/mol. The summed E-state index contributed by atoms with van der Waals surface area (Å²) in [7, 11) is 0. The van der Waals surface area contributed by atoms with Crippen LogP contribution in [0.25, 0.3) is 0 Å². The fraction of sp³-hybridized carbons (Fsp3) is 0.875. The molecule has 0 aromatic carbocycles. The molecule has 0 saturated carbocycles. The third kappa shape index (κ3) is 7.86. The van der Waals surface area contributed by atoms with E-state index >= 15 is 0 Å². The van der Waals surface area contributed by atoms with Gasteiger partial charge in [0.2, 0.25) is 0 Å². The van der Waals surface area contributed by atoms with Crippen LogP contribution in [-0.2, 0) is 14.4 Å². The molecule has 0 aromatic rings. The Kier molecular flexibility index (Phi) is 8.98. The molecule has 1 rings (SSSR count). The van der Waals surface area contributed by atoms with Crippen LogP contribution in [0.5, 0.6) is 0 Å². The molecule has 0 atom stereocenters. The maximum absolute atomic E-state index is 13.2. The van der Waals surface area contributed by atoms with Gasteiger partial charge in [0.05, 0.1) is 6.54 Å². The zero-order valence-electron chi connectivity index (χ0n) is 20.8. The normalized spacial score (nSPS) is 19.5. The van der Waals surface area contributed by atoms with E-state index < -0.39 is 21.8 Å². The van der Waals surface area contributed by atoms with Crippen molar-refractivity contribution in [3.8, 4) is 0 Å². The van der Waals surface area contributed by atoms with Gasteiger partial charge in [0.25, 0.3) is 0 Å². The fourth-order valence-electron chi connectivity index (χ4n) is 3.38. The molecule has 0 bridgehead atoms. The monoisotopic (exact) mass is 423 g/mol. The zero-order chi connectivity index (χ0) is 23.4. The van der Waals surface area contributed by atoms with E-state index in [1.54, 1.807) is 0 Å². The molecule has 6 heteroatoms. The average Bonchev–Trinajstić information content (AvgIpc) is 2.64. The Labute approximate surface area is 183 Å². The van der Waals surface area contributed by atoms with E-state index in [1.807, 2.05) is 62.3 Å². The topological polar surface area (TPSA) is 78.5 Å². The second-order valence-electron chi connectivity index (χ2n) is 11.9. The quantitative estimate of drug-likeness (QED) is 0.684. The predicted octanol–water partition coefficient (Wildman–Crippen LogP) is 2.85. The van der Waals surface area contributed by atoms with Gasteiger partial charge in [-0.3, -0.25) is 19.3 Å². The van der Waals surface area contributed by atoms with Gasteiger partial charge in [-0.15, -0.1) is 0 Å². The molecule has 0 aromatic heterocycles. The van der Waals surface area contributed by atoms with Crippen LogP contribution < -0.4 is 10.6 Å². The van der Waals surface area contributed by atoms with Gasteiger partial charge in [0.15, 0.2) is 5.78 Å². The van der Waals surface area contributed by atoms with Crippen LogP contribution in [0.3, 0.4) is 0 Å². The van der Waals surface area contributed by atoms with Crippen molar-refractivity contribution in [1.82, 2.24) is 15.5 Å². The van der Waals surface area contributed by atoms with E-state index in [1.165, 1.54) is 0 Å². The standard InChI is InChI=1S/C24H45N3O3/c1-21(2,3)18(28)14-24(15-19(29)22(4,5)6)17-26-11-10-25-12-13-27(24)16-20(30)23(7,8)9/h25-26H,10-17H2,1-9H3. The van der Waals surface area contributed by atoms with Gasteiger partial charge in [0, 0.05) is 67.3 Å². The molecular weight excluding hydrogens is 378 g/mol. The van der Waals surface area contributed by atoms with Crippen molar-refractivity contribution in [3.63, 3.8) is 0 Å². The largest absolute Gasteiger partial charge is 0.314 e. The molecule has 0 aliphatic carbocycles. The molecule has 0 radical (unpaired) electrons. The highest BCUT2D eigenvalue weighted by Crippen LogP contribution is 2.33. The summed E-state index contributed by atoms with van der Waals surface area (Å²) in [5, 5.41) is 6.84. The van der Waals surface area contributed by atoms with Crippen molar-refractivity contribution in [2.45, 2.75) is 80.7 Å². The van der Waals surface area contributed by atoms with Crippen LogP contribution in [0.1, 0.15) is 75.2 Å². The van der Waals surface area contributed by atoms with E-state index in [9.17, 15) is 14.4 Å². The second kappa shape index (κ2) is 10.0. The lowest BCUT2D eigenvalue weighted by atomic mass is 9.74. The fourth-order valence-corrected chi connectivity index (χ4v) is 3.38. The number of rotatable bonds is 6. The van der Waals surface area contributed by atoms with Gasteiger partial charge < -0.3 is 10.6 Å². The summed E-state index contributed by atoms with van der Waals surface area (Å²) >= 11 is 0. The van der Waals surface area contributed by atoms with Crippen LogP contribution in [0.2, 0.25) is 0 Å². The first-order valence-corrected chi connectivity index (χ1v) is 11.3. The summed E-state index contributed by atoms with van der Waals surface area (Å²) in [5.41, 5.74) is -2.21. The van der Waals surface area contributed by atoms with Crippen molar-refractivity contribution in [2.75, 3.05) is 39.3 Å². The maximum Gasteiger partial charge on any atom is 0.152 e. The van der Waals surface area contributed by atoms with Gasteiger partial charge in [0.1, 0.15) is 11.6 Å². The minimum atomic E-state index is -0.721. The summed E-state index contributed by atoms with van der Waals surface area (Å²) in [5.74, 6) is 0.357. The number of carbonyl (C=O) groups is 3. The number of carbonyl (C=O) groups excluding carboxylic acids is 3. The van der Waals surface area contributed by atoms with Crippen molar-refractivity contribution >= 4 is 17.3 Å². The van der Waals surface area contributed by atoms with Gasteiger partial charge >= 0.3 is 0 Å². The Morgan fingerprint density at radius 1 is 0.700 bits per heavy atom. The molecule has 0 amide bonds. The highest BCUT2D eigenvalue weighted by atomic mass is 16.1. The van der Waals surface area contributed by atoms with Crippen LogP contribution >= 0.6 is 0 Å².